The van der Waals surface area contributed by atoms with Crippen LogP contribution in [0.2, 0.25) is 0 Å². The number of unbranched alkanes of at least 4 members (excludes halogenated alkanes) is 2. The third kappa shape index (κ3) is 11.4. The minimum atomic E-state index is -1.01. The molecule has 294 valence electrons. The molecule has 0 spiro atoms. The summed E-state index contributed by atoms with van der Waals surface area (Å²) in [7, 11) is 0. The van der Waals surface area contributed by atoms with Crippen molar-refractivity contribution in [2.75, 3.05) is 26.4 Å². The van der Waals surface area contributed by atoms with E-state index in [0.717, 1.165) is 22.3 Å². The van der Waals surface area contributed by atoms with E-state index in [9.17, 15) is 34.6 Å². The van der Waals surface area contributed by atoms with Gasteiger partial charge < -0.3 is 23.7 Å². The first-order chi connectivity index (χ1) is 27.1. The Bertz CT molecular complexity index is 2120. The van der Waals surface area contributed by atoms with Crippen molar-refractivity contribution >= 4 is 28.8 Å². The summed E-state index contributed by atoms with van der Waals surface area (Å²) in [5, 5.41) is 33.3. The molecule has 0 fully saturated rings. The van der Waals surface area contributed by atoms with E-state index in [2.05, 4.69) is 30.3 Å². The van der Waals surface area contributed by atoms with Crippen molar-refractivity contribution < 1.29 is 43.7 Å². The Hall–Kier alpha value is -6.79. The van der Waals surface area contributed by atoms with E-state index in [0.29, 0.717) is 47.6 Å². The van der Waals surface area contributed by atoms with Crippen LogP contribution in [0.5, 0.6) is 0 Å². The Kier molecular flexibility index (Phi) is 14.5. The summed E-state index contributed by atoms with van der Waals surface area (Å²) in [5.74, 6) is -1.51. The summed E-state index contributed by atoms with van der Waals surface area (Å²) in [4.78, 5) is 73.8. The van der Waals surface area contributed by atoms with Crippen LogP contribution in [0.25, 0.3) is 33.5 Å². The second-order valence-corrected chi connectivity index (χ2v) is 12.7. The third-order valence-electron chi connectivity index (χ3n) is 8.82. The molecule has 0 bridgehead atoms. The number of esters is 2. The maximum Gasteiger partial charge on any atom is 0.309 e. The molecule has 0 radical (unpaired) electrons. The SMILES string of the molecule is Cc1nc2cccc(C(=O)CC(CCC(=O)OCCCCO[N+](=O)[O-])C(=O)OCCCCO[N+](=O)[O-])c2n1Cc1ccc(-c2ccccc2-c2nn[nH]n2)cc1. The average Bonchev–Trinajstić information content (AvgIpc) is 3.84. The quantitative estimate of drug-likeness (QED) is 0.0292. The third-order valence-corrected chi connectivity index (χ3v) is 8.82. The van der Waals surface area contributed by atoms with Crippen molar-refractivity contribution in [3.63, 3.8) is 0 Å². The lowest BCUT2D eigenvalue weighted by Gasteiger charge is -2.16. The molecule has 2 heterocycles. The van der Waals surface area contributed by atoms with Gasteiger partial charge in [-0.15, -0.1) is 30.4 Å². The van der Waals surface area contributed by atoms with Crippen molar-refractivity contribution in [3.05, 3.63) is 104 Å². The Balaban J connectivity index is 1.29. The van der Waals surface area contributed by atoms with Gasteiger partial charge in [-0.1, -0.05) is 54.6 Å². The summed E-state index contributed by atoms with van der Waals surface area (Å²) in [6.07, 6.45) is 0.674. The molecule has 5 rings (SSSR count). The van der Waals surface area contributed by atoms with Gasteiger partial charge in [-0.3, -0.25) is 14.4 Å². The fraction of sp³-hybridized carbons (Fsp3) is 0.378. The van der Waals surface area contributed by atoms with E-state index in [1.807, 2.05) is 66.1 Å². The van der Waals surface area contributed by atoms with Gasteiger partial charge in [-0.2, -0.15) is 5.21 Å². The number of nitrogens with one attached hydrogen (secondary N) is 1. The molecule has 2 aromatic heterocycles. The van der Waals surface area contributed by atoms with Crippen LogP contribution in [-0.4, -0.2) is 84.5 Å². The number of ketones is 1. The molecule has 1 unspecified atom stereocenters. The lowest BCUT2D eigenvalue weighted by molar-refractivity contribution is -0.757. The van der Waals surface area contributed by atoms with Crippen molar-refractivity contribution in [2.45, 2.75) is 58.4 Å². The predicted molar refractivity (Wildman–Crippen MR) is 197 cm³/mol. The number of imidazole rings is 1. The Morgan fingerprint density at radius 3 is 2.14 bits per heavy atom. The Labute approximate surface area is 319 Å². The van der Waals surface area contributed by atoms with Crippen LogP contribution in [0.15, 0.2) is 66.7 Å². The predicted octanol–water partition coefficient (Wildman–Crippen LogP) is 5.27. The zero-order valence-electron chi connectivity index (χ0n) is 30.5. The van der Waals surface area contributed by atoms with Gasteiger partial charge in [0.25, 0.3) is 10.2 Å². The Morgan fingerprint density at radius 2 is 1.48 bits per heavy atom. The van der Waals surface area contributed by atoms with Gasteiger partial charge >= 0.3 is 11.9 Å². The average molecular weight is 773 g/mol. The first-order valence-corrected chi connectivity index (χ1v) is 17.9. The second-order valence-electron chi connectivity index (χ2n) is 12.7. The van der Waals surface area contributed by atoms with Crippen LogP contribution in [0.4, 0.5) is 0 Å². The lowest BCUT2D eigenvalue weighted by Crippen LogP contribution is -2.23. The standard InChI is InChI=1S/C37H40N8O11/c1-25-38-32-12-8-11-31(35(32)43(25)24-26-13-15-27(16-14-26)29-9-2-3-10-30(29)36-39-41-42-40-36)33(46)23-28(37(48)54-20-5-7-22-56-45(51)52)17-18-34(47)53-19-4-6-21-55-44(49)50/h2-3,8-16,28H,4-7,17-24H2,1H3,(H,39,40,41,42). The number of aryl methyl sites for hydroxylation is 1. The molecule has 1 atom stereocenters. The summed E-state index contributed by atoms with van der Waals surface area (Å²) < 4.78 is 12.6. The zero-order valence-corrected chi connectivity index (χ0v) is 30.5. The summed E-state index contributed by atoms with van der Waals surface area (Å²) >= 11 is 0. The zero-order chi connectivity index (χ0) is 39.9. The van der Waals surface area contributed by atoms with Crippen molar-refractivity contribution in [3.8, 4) is 22.5 Å². The molecule has 0 aliphatic carbocycles. The number of fused-ring (bicyclic) bond motifs is 1. The molecule has 0 aliphatic rings. The highest BCUT2D eigenvalue weighted by molar-refractivity contribution is 6.07. The smallest absolute Gasteiger partial charge is 0.309 e. The van der Waals surface area contributed by atoms with Gasteiger partial charge in [0.15, 0.2) is 5.78 Å². The van der Waals surface area contributed by atoms with Crippen LogP contribution < -0.4 is 0 Å². The topological polar surface area (TPSA) is 247 Å². The number of tetrazole rings is 1. The molecule has 19 nitrogen and oxygen atoms in total. The molecule has 0 saturated carbocycles. The number of rotatable bonds is 23. The highest BCUT2D eigenvalue weighted by atomic mass is 17.0. The van der Waals surface area contributed by atoms with Gasteiger partial charge in [0.05, 0.1) is 43.4 Å². The van der Waals surface area contributed by atoms with Crippen LogP contribution in [0, 0.1) is 33.1 Å². The molecular weight excluding hydrogens is 732 g/mol. The van der Waals surface area contributed by atoms with Crippen molar-refractivity contribution in [1.29, 1.82) is 0 Å². The first kappa shape index (κ1) is 40.4. The van der Waals surface area contributed by atoms with Crippen LogP contribution in [-0.2, 0) is 35.3 Å². The van der Waals surface area contributed by atoms with E-state index in [4.69, 9.17) is 14.5 Å². The van der Waals surface area contributed by atoms with E-state index < -0.39 is 28.0 Å². The summed E-state index contributed by atoms with van der Waals surface area (Å²) in [5.41, 5.74) is 5.21. The van der Waals surface area contributed by atoms with Crippen molar-refractivity contribution in [1.82, 2.24) is 30.2 Å². The monoisotopic (exact) mass is 772 g/mol. The number of carbonyl (C=O) groups excluding carboxylic acids is 3. The number of aromatic nitrogens is 6. The van der Waals surface area contributed by atoms with E-state index in [1.165, 1.54) is 0 Å². The normalized spacial score (nSPS) is 11.5. The number of benzene rings is 3. The Morgan fingerprint density at radius 1 is 0.821 bits per heavy atom. The minimum Gasteiger partial charge on any atom is -0.466 e. The number of nitrogens with zero attached hydrogens (tertiary/aromatic N) is 7. The molecule has 1 N–H and O–H groups in total. The maximum atomic E-state index is 14.0. The maximum absolute atomic E-state index is 14.0. The van der Waals surface area contributed by atoms with Crippen LogP contribution >= 0.6 is 0 Å². The number of para-hydroxylation sites is 1. The number of hydrogen-bond acceptors (Lipinski definition) is 15. The number of carbonyl (C=O) groups is 3. The molecule has 0 aliphatic heterocycles. The molecule has 19 heteroatoms. The number of aromatic amines is 1. The van der Waals surface area contributed by atoms with E-state index in [1.54, 1.807) is 12.1 Å². The fourth-order valence-electron chi connectivity index (χ4n) is 6.06. The number of H-pyrrole nitrogens is 1. The number of ether oxygens (including phenoxy) is 2. The minimum absolute atomic E-state index is 0.00177. The van der Waals surface area contributed by atoms with Gasteiger partial charge in [0.2, 0.25) is 5.82 Å². The van der Waals surface area contributed by atoms with Crippen LogP contribution in [0.1, 0.15) is 66.7 Å². The molecule has 56 heavy (non-hydrogen) atoms. The highest BCUT2D eigenvalue weighted by Gasteiger charge is 2.27. The van der Waals surface area contributed by atoms with Crippen molar-refractivity contribution in [2.24, 2.45) is 5.92 Å². The first-order valence-electron chi connectivity index (χ1n) is 17.9. The second kappa shape index (κ2) is 20.0. The molecule has 5 aromatic rings. The van der Waals surface area contributed by atoms with E-state index in [-0.39, 0.29) is 64.3 Å². The van der Waals surface area contributed by atoms with Crippen LogP contribution in [0.3, 0.4) is 0 Å². The number of Topliss-reactive ketones (excluding diaryl/α,β-unsaturated/α-hetero) is 1. The molecular formula is C37H40N8O11. The lowest BCUT2D eigenvalue weighted by atomic mass is 9.93. The van der Waals surface area contributed by atoms with Gasteiger partial charge in [0, 0.05) is 30.5 Å². The van der Waals surface area contributed by atoms with Gasteiger partial charge in [-0.05, 0) is 73.1 Å². The summed E-state index contributed by atoms with van der Waals surface area (Å²) in [6, 6.07) is 20.9. The molecule has 0 saturated heterocycles. The molecule has 0 amide bonds. The van der Waals surface area contributed by atoms with E-state index >= 15 is 0 Å². The molecule has 3 aromatic carbocycles. The van der Waals surface area contributed by atoms with Gasteiger partial charge in [-0.25, -0.2) is 4.98 Å². The number of hydrogen-bond donors (Lipinski definition) is 1. The largest absolute Gasteiger partial charge is 0.466 e. The highest BCUT2D eigenvalue weighted by Crippen LogP contribution is 2.31. The fourth-order valence-corrected chi connectivity index (χ4v) is 6.06. The summed E-state index contributed by atoms with van der Waals surface area (Å²) in [6.45, 7) is 1.89. The van der Waals surface area contributed by atoms with Gasteiger partial charge in [0.1, 0.15) is 5.82 Å².